The van der Waals surface area contributed by atoms with Crippen molar-refractivity contribution in [1.29, 1.82) is 0 Å². The molecule has 5 N–H and O–H groups in total. The van der Waals surface area contributed by atoms with Crippen LogP contribution in [0.15, 0.2) is 0 Å². The molecule has 0 aromatic rings. The van der Waals surface area contributed by atoms with E-state index in [1.54, 1.807) is 0 Å². The second kappa shape index (κ2) is 3.68. The summed E-state index contributed by atoms with van der Waals surface area (Å²) in [4.78, 5) is 0. The van der Waals surface area contributed by atoms with Crippen molar-refractivity contribution in [2.45, 2.75) is 30.8 Å². The van der Waals surface area contributed by atoms with Gasteiger partial charge in [0.25, 0.3) is 0 Å². The lowest BCUT2D eigenvalue weighted by Gasteiger charge is -2.37. The molecule has 0 spiro atoms. The van der Waals surface area contributed by atoms with Crippen LogP contribution in [0.3, 0.4) is 0 Å². The van der Waals surface area contributed by atoms with E-state index >= 15 is 0 Å². The average molecular weight is 178 g/mol. The van der Waals surface area contributed by atoms with Crippen molar-refractivity contribution >= 4 is 0 Å². The second-order valence-electron chi connectivity index (χ2n) is 3.22. The first-order valence-corrected chi connectivity index (χ1v) is 3.91. The van der Waals surface area contributed by atoms with E-state index in [1.807, 2.05) is 0 Å². The molecule has 0 radical (unpaired) electrons. The Kier molecular flexibility index (Phi) is 3.03. The van der Waals surface area contributed by atoms with Crippen LogP contribution in [0.25, 0.3) is 0 Å². The third-order valence-electron chi connectivity index (χ3n) is 2.36. The monoisotopic (exact) mass is 178 g/mol. The Bertz CT molecular complexity index is 146. The fraction of sp³-hybridized carbons (Fsp3) is 1.00. The van der Waals surface area contributed by atoms with Gasteiger partial charge in [-0.2, -0.15) is 0 Å². The maximum atomic E-state index is 9.24. The maximum absolute atomic E-state index is 9.24. The highest BCUT2D eigenvalue weighted by atomic mass is 16.4. The molecule has 1 aliphatic rings. The molecule has 0 aromatic carbocycles. The van der Waals surface area contributed by atoms with E-state index in [0.29, 0.717) is 0 Å². The van der Waals surface area contributed by atoms with E-state index in [4.69, 9.17) is 20.4 Å². The summed E-state index contributed by atoms with van der Waals surface area (Å²) < 4.78 is 0. The predicted molar refractivity (Wildman–Crippen MR) is 39.2 cm³/mol. The smallest absolute Gasteiger partial charge is 0.109 e. The van der Waals surface area contributed by atoms with Gasteiger partial charge in [0.05, 0.1) is 12.2 Å². The minimum absolute atomic E-state index is 0.107. The highest BCUT2D eigenvalue weighted by molar-refractivity contribution is 4.91. The summed E-state index contributed by atoms with van der Waals surface area (Å²) in [6.07, 6.45) is -4.81. The lowest BCUT2D eigenvalue weighted by Crippen LogP contribution is -2.54. The van der Waals surface area contributed by atoms with Crippen LogP contribution in [-0.4, -0.2) is 56.6 Å². The van der Waals surface area contributed by atoms with E-state index in [9.17, 15) is 5.11 Å². The summed E-state index contributed by atoms with van der Waals surface area (Å²) >= 11 is 0. The molecule has 12 heavy (non-hydrogen) atoms. The fourth-order valence-corrected chi connectivity index (χ4v) is 1.48. The molecule has 5 nitrogen and oxygen atoms in total. The summed E-state index contributed by atoms with van der Waals surface area (Å²) in [7, 11) is 0. The SMILES string of the molecule is OC[C@H]1C[C@H](O)[C@H](O)[C@H](O)[C@H]1O. The van der Waals surface area contributed by atoms with Gasteiger partial charge < -0.3 is 25.5 Å². The average Bonchev–Trinajstić information content (AvgIpc) is 2.08. The summed E-state index contributed by atoms with van der Waals surface area (Å²) in [5.74, 6) is -0.557. The lowest BCUT2D eigenvalue weighted by molar-refractivity contribution is -0.163. The highest BCUT2D eigenvalue weighted by Gasteiger charge is 2.41. The molecule has 5 heteroatoms. The van der Waals surface area contributed by atoms with Crippen LogP contribution < -0.4 is 0 Å². The minimum Gasteiger partial charge on any atom is -0.396 e. The van der Waals surface area contributed by atoms with Crippen molar-refractivity contribution < 1.29 is 25.5 Å². The minimum atomic E-state index is -1.37. The van der Waals surface area contributed by atoms with E-state index in [-0.39, 0.29) is 13.0 Å². The number of aliphatic hydroxyl groups excluding tert-OH is 5. The molecule has 0 aromatic heterocycles. The Hall–Kier alpha value is -0.200. The number of rotatable bonds is 1. The molecule has 1 saturated carbocycles. The number of aliphatic hydroxyl groups is 5. The van der Waals surface area contributed by atoms with Crippen molar-refractivity contribution in [3.05, 3.63) is 0 Å². The zero-order chi connectivity index (χ0) is 9.30. The normalized spacial score (nSPS) is 49.2. The van der Waals surface area contributed by atoms with Crippen molar-refractivity contribution in [3.63, 3.8) is 0 Å². The molecule has 0 heterocycles. The van der Waals surface area contributed by atoms with E-state index in [1.165, 1.54) is 0 Å². The van der Waals surface area contributed by atoms with Gasteiger partial charge >= 0.3 is 0 Å². The Morgan fingerprint density at radius 3 is 2.00 bits per heavy atom. The third kappa shape index (κ3) is 1.60. The van der Waals surface area contributed by atoms with Crippen LogP contribution >= 0.6 is 0 Å². The summed E-state index contributed by atoms with van der Waals surface area (Å²) in [6.45, 7) is -0.304. The van der Waals surface area contributed by atoms with Gasteiger partial charge in [0.15, 0.2) is 0 Å². The molecular weight excluding hydrogens is 164 g/mol. The summed E-state index contributed by atoms with van der Waals surface area (Å²) in [5.41, 5.74) is 0. The molecule has 0 bridgehead atoms. The Labute approximate surface area is 69.9 Å². The Balaban J connectivity index is 2.63. The second-order valence-corrected chi connectivity index (χ2v) is 3.22. The molecule has 5 atom stereocenters. The molecule has 0 aliphatic heterocycles. The summed E-state index contributed by atoms with van der Waals surface area (Å²) in [5, 5.41) is 45.3. The number of hydrogen-bond donors (Lipinski definition) is 5. The molecule has 1 aliphatic carbocycles. The van der Waals surface area contributed by atoms with Gasteiger partial charge in [0.1, 0.15) is 12.2 Å². The fourth-order valence-electron chi connectivity index (χ4n) is 1.48. The molecule has 0 amide bonds. The van der Waals surface area contributed by atoms with Crippen LogP contribution in [0.5, 0.6) is 0 Å². The van der Waals surface area contributed by atoms with Crippen molar-refractivity contribution in [1.82, 2.24) is 0 Å². The lowest BCUT2D eigenvalue weighted by atomic mass is 9.81. The van der Waals surface area contributed by atoms with Crippen LogP contribution in [0.2, 0.25) is 0 Å². The van der Waals surface area contributed by atoms with Gasteiger partial charge in [-0.15, -0.1) is 0 Å². The molecule has 72 valence electrons. The zero-order valence-corrected chi connectivity index (χ0v) is 6.54. The van der Waals surface area contributed by atoms with Gasteiger partial charge in [0.2, 0.25) is 0 Å². The third-order valence-corrected chi connectivity index (χ3v) is 2.36. The highest BCUT2D eigenvalue weighted by Crippen LogP contribution is 2.25. The quantitative estimate of drug-likeness (QED) is 0.304. The first kappa shape index (κ1) is 9.88. The Morgan fingerprint density at radius 2 is 1.50 bits per heavy atom. The van der Waals surface area contributed by atoms with E-state index in [0.717, 1.165) is 0 Å². The van der Waals surface area contributed by atoms with Crippen LogP contribution in [-0.2, 0) is 0 Å². The van der Waals surface area contributed by atoms with Crippen molar-refractivity contribution in [3.8, 4) is 0 Å². The van der Waals surface area contributed by atoms with Gasteiger partial charge in [-0.1, -0.05) is 0 Å². The molecule has 0 unspecified atom stereocenters. The topological polar surface area (TPSA) is 101 Å². The zero-order valence-electron chi connectivity index (χ0n) is 6.54. The van der Waals surface area contributed by atoms with Crippen LogP contribution in [0.4, 0.5) is 0 Å². The van der Waals surface area contributed by atoms with Gasteiger partial charge in [-0.05, 0) is 6.42 Å². The molecular formula is C7H14O5. The van der Waals surface area contributed by atoms with E-state index < -0.39 is 30.3 Å². The first-order valence-electron chi connectivity index (χ1n) is 3.91. The predicted octanol–water partition coefficient (Wildman–Crippen LogP) is -2.56. The maximum Gasteiger partial charge on any atom is 0.109 e. The Morgan fingerprint density at radius 1 is 0.917 bits per heavy atom. The van der Waals surface area contributed by atoms with Crippen LogP contribution in [0, 0.1) is 5.92 Å². The molecule has 1 fully saturated rings. The van der Waals surface area contributed by atoms with Crippen LogP contribution in [0.1, 0.15) is 6.42 Å². The van der Waals surface area contributed by atoms with Gasteiger partial charge in [-0.25, -0.2) is 0 Å². The summed E-state index contributed by atoms with van der Waals surface area (Å²) in [6, 6.07) is 0. The van der Waals surface area contributed by atoms with Gasteiger partial charge in [0, 0.05) is 12.5 Å². The molecule has 1 rings (SSSR count). The molecule has 0 saturated heterocycles. The number of hydrogen-bond acceptors (Lipinski definition) is 5. The van der Waals surface area contributed by atoms with E-state index in [2.05, 4.69) is 0 Å². The van der Waals surface area contributed by atoms with Crippen molar-refractivity contribution in [2.75, 3.05) is 6.61 Å². The standard InChI is InChI=1S/C7H14O5/c8-2-3-1-4(9)6(11)7(12)5(3)10/h3-12H,1-2H2/t3-,4+,5+,6+,7-/m1/s1. The van der Waals surface area contributed by atoms with Gasteiger partial charge in [-0.3, -0.25) is 0 Å². The van der Waals surface area contributed by atoms with Crippen molar-refractivity contribution in [2.24, 2.45) is 5.92 Å². The largest absolute Gasteiger partial charge is 0.396 e. The first-order chi connectivity index (χ1) is 5.57.